The maximum Gasteiger partial charge on any atom is 0.257 e. The summed E-state index contributed by atoms with van der Waals surface area (Å²) in [7, 11) is 0. The van der Waals surface area contributed by atoms with Crippen molar-refractivity contribution in [1.82, 2.24) is 10.1 Å². The minimum absolute atomic E-state index is 0.0323. The maximum absolute atomic E-state index is 9.14. The van der Waals surface area contributed by atoms with E-state index in [9.17, 15) is 0 Å². The molecule has 0 saturated carbocycles. The third-order valence-electron chi connectivity index (χ3n) is 1.56. The van der Waals surface area contributed by atoms with E-state index in [4.69, 9.17) is 21.2 Å². The smallest absolute Gasteiger partial charge is 0.257 e. The molecule has 1 N–H and O–H groups in total. The van der Waals surface area contributed by atoms with Gasteiger partial charge in [0.25, 0.3) is 5.89 Å². The molecule has 4 nitrogen and oxygen atoms in total. The Morgan fingerprint density at radius 2 is 2.23 bits per heavy atom. The van der Waals surface area contributed by atoms with E-state index in [-0.39, 0.29) is 10.8 Å². The molecule has 0 aliphatic heterocycles. The lowest BCUT2D eigenvalue weighted by Gasteiger charge is -1.97. The van der Waals surface area contributed by atoms with Gasteiger partial charge in [-0.2, -0.15) is 4.98 Å². The topological polar surface area (TPSA) is 59.2 Å². The summed E-state index contributed by atoms with van der Waals surface area (Å²) >= 11 is 5.69. The molecule has 5 heteroatoms. The van der Waals surface area contributed by atoms with Crippen molar-refractivity contribution in [2.75, 3.05) is 0 Å². The van der Waals surface area contributed by atoms with Crippen molar-refractivity contribution in [3.05, 3.63) is 29.5 Å². The van der Waals surface area contributed by atoms with Crippen LogP contribution in [0.1, 0.15) is 0 Å². The van der Waals surface area contributed by atoms with E-state index in [1.807, 2.05) is 0 Å². The largest absolute Gasteiger partial charge is 0.506 e. The fourth-order valence-electron chi connectivity index (χ4n) is 0.940. The number of phenolic OH excluding ortho intramolecular Hbond substituents is 1. The highest BCUT2D eigenvalue weighted by atomic mass is 35.5. The van der Waals surface area contributed by atoms with E-state index in [0.29, 0.717) is 11.5 Å². The van der Waals surface area contributed by atoms with Gasteiger partial charge in [0.05, 0.1) is 5.02 Å². The van der Waals surface area contributed by atoms with Gasteiger partial charge in [0.2, 0.25) is 0 Å². The fourth-order valence-corrected chi connectivity index (χ4v) is 1.12. The Bertz CT molecular complexity index is 414. The van der Waals surface area contributed by atoms with Crippen molar-refractivity contribution >= 4 is 11.6 Å². The van der Waals surface area contributed by atoms with Crippen molar-refractivity contribution in [3.8, 4) is 17.2 Å². The lowest BCUT2D eigenvalue weighted by atomic mass is 10.2. The second kappa shape index (κ2) is 3.06. The molecule has 1 aromatic heterocycles. The van der Waals surface area contributed by atoms with Gasteiger partial charge in [-0.15, -0.1) is 0 Å². The van der Waals surface area contributed by atoms with Crippen LogP contribution in [0.25, 0.3) is 11.5 Å². The first kappa shape index (κ1) is 8.07. The number of aromatic nitrogens is 2. The van der Waals surface area contributed by atoms with Crippen molar-refractivity contribution in [3.63, 3.8) is 0 Å². The Morgan fingerprint density at radius 1 is 1.38 bits per heavy atom. The van der Waals surface area contributed by atoms with Crippen molar-refractivity contribution in [2.24, 2.45) is 0 Å². The average Bonchev–Trinajstić information content (AvgIpc) is 2.62. The lowest BCUT2D eigenvalue weighted by Crippen LogP contribution is -1.77. The molecule has 0 atom stereocenters. The summed E-state index contributed by atoms with van der Waals surface area (Å²) < 4.78 is 4.81. The van der Waals surface area contributed by atoms with Gasteiger partial charge < -0.3 is 9.63 Å². The maximum atomic E-state index is 9.14. The molecular formula is C8H5ClN2O2. The number of hydrogen-bond acceptors (Lipinski definition) is 4. The zero-order valence-corrected chi connectivity index (χ0v) is 7.19. The normalized spacial score (nSPS) is 10.2. The molecule has 0 radical (unpaired) electrons. The lowest BCUT2D eigenvalue weighted by molar-refractivity contribution is 0.430. The van der Waals surface area contributed by atoms with E-state index in [1.165, 1.54) is 12.4 Å². The molecule has 0 saturated heterocycles. The van der Waals surface area contributed by atoms with Gasteiger partial charge in [0, 0.05) is 5.56 Å². The zero-order valence-electron chi connectivity index (χ0n) is 6.44. The summed E-state index contributed by atoms with van der Waals surface area (Å²) in [5.41, 5.74) is 0.681. The molecule has 0 aliphatic carbocycles. The van der Waals surface area contributed by atoms with E-state index in [1.54, 1.807) is 12.1 Å². The predicted molar refractivity (Wildman–Crippen MR) is 46.4 cm³/mol. The van der Waals surface area contributed by atoms with Crippen LogP contribution in [0.4, 0.5) is 0 Å². The first-order chi connectivity index (χ1) is 6.27. The Hall–Kier alpha value is -1.55. The highest BCUT2D eigenvalue weighted by Gasteiger charge is 2.05. The highest BCUT2D eigenvalue weighted by molar-refractivity contribution is 6.32. The number of rotatable bonds is 1. The molecule has 2 rings (SSSR count). The first-order valence-electron chi connectivity index (χ1n) is 3.53. The summed E-state index contributed by atoms with van der Waals surface area (Å²) in [4.78, 5) is 3.84. The number of nitrogens with zero attached hydrogens (tertiary/aromatic N) is 2. The Morgan fingerprint density at radius 3 is 2.85 bits per heavy atom. The van der Waals surface area contributed by atoms with Gasteiger partial charge >= 0.3 is 0 Å². The molecule has 0 amide bonds. The second-order valence-electron chi connectivity index (χ2n) is 2.41. The summed E-state index contributed by atoms with van der Waals surface area (Å²) in [6.07, 6.45) is 1.30. The van der Waals surface area contributed by atoms with Gasteiger partial charge in [0.15, 0.2) is 6.33 Å². The van der Waals surface area contributed by atoms with Crippen LogP contribution in [0.15, 0.2) is 29.0 Å². The molecule has 2 aromatic rings. The number of halogens is 1. The second-order valence-corrected chi connectivity index (χ2v) is 2.82. The fraction of sp³-hybridized carbons (Fsp3) is 0. The number of benzene rings is 1. The van der Waals surface area contributed by atoms with Crippen molar-refractivity contribution < 1.29 is 9.63 Å². The molecule has 1 aromatic carbocycles. The molecule has 0 fully saturated rings. The monoisotopic (exact) mass is 196 g/mol. The highest BCUT2D eigenvalue weighted by Crippen LogP contribution is 2.27. The minimum atomic E-state index is 0.0323. The molecule has 1 heterocycles. The average molecular weight is 197 g/mol. The first-order valence-corrected chi connectivity index (χ1v) is 3.91. The third kappa shape index (κ3) is 1.48. The van der Waals surface area contributed by atoms with Gasteiger partial charge in [-0.05, 0) is 18.2 Å². The van der Waals surface area contributed by atoms with Crippen molar-refractivity contribution in [2.45, 2.75) is 0 Å². The molecule has 13 heavy (non-hydrogen) atoms. The minimum Gasteiger partial charge on any atom is -0.506 e. The van der Waals surface area contributed by atoms with Gasteiger partial charge in [-0.3, -0.25) is 0 Å². The molecule has 0 unspecified atom stereocenters. The van der Waals surface area contributed by atoms with E-state index < -0.39 is 0 Å². The van der Waals surface area contributed by atoms with Crippen LogP contribution < -0.4 is 0 Å². The standard InChI is InChI=1S/C8H5ClN2O2/c9-6-3-5(1-2-7(6)12)8-10-4-11-13-8/h1-4,12H. The summed E-state index contributed by atoms with van der Waals surface area (Å²) in [6.45, 7) is 0. The molecule has 0 aliphatic rings. The van der Waals surface area contributed by atoms with Gasteiger partial charge in [-0.1, -0.05) is 16.8 Å². The van der Waals surface area contributed by atoms with Crippen LogP contribution in [0, 0.1) is 0 Å². The van der Waals surface area contributed by atoms with Crippen LogP contribution in [0.2, 0.25) is 5.02 Å². The summed E-state index contributed by atoms with van der Waals surface area (Å²) in [5, 5.41) is 12.9. The van der Waals surface area contributed by atoms with Crippen LogP contribution in [-0.4, -0.2) is 15.2 Å². The number of aromatic hydroxyl groups is 1. The summed E-state index contributed by atoms with van der Waals surface area (Å²) in [5.74, 6) is 0.409. The Kier molecular flexibility index (Phi) is 1.90. The molecule has 0 bridgehead atoms. The van der Waals surface area contributed by atoms with Gasteiger partial charge in [-0.25, -0.2) is 0 Å². The van der Waals surface area contributed by atoms with Gasteiger partial charge in [0.1, 0.15) is 5.75 Å². The quantitative estimate of drug-likeness (QED) is 0.759. The summed E-state index contributed by atoms with van der Waals surface area (Å²) in [6, 6.07) is 4.68. The SMILES string of the molecule is Oc1ccc(-c2ncno2)cc1Cl. The third-order valence-corrected chi connectivity index (χ3v) is 1.86. The van der Waals surface area contributed by atoms with Crippen LogP contribution in [0.5, 0.6) is 5.75 Å². The Balaban J connectivity index is 2.49. The number of phenols is 1. The van der Waals surface area contributed by atoms with Crippen LogP contribution >= 0.6 is 11.6 Å². The van der Waals surface area contributed by atoms with E-state index in [2.05, 4.69) is 10.1 Å². The molecule has 66 valence electrons. The van der Waals surface area contributed by atoms with Crippen LogP contribution in [0.3, 0.4) is 0 Å². The Labute approximate surface area is 78.8 Å². The van der Waals surface area contributed by atoms with Crippen LogP contribution in [-0.2, 0) is 0 Å². The zero-order chi connectivity index (χ0) is 9.26. The van der Waals surface area contributed by atoms with E-state index in [0.717, 1.165) is 0 Å². The molecule has 0 spiro atoms. The number of hydrogen-bond donors (Lipinski definition) is 1. The predicted octanol–water partition coefficient (Wildman–Crippen LogP) is 2.10. The van der Waals surface area contributed by atoms with Crippen molar-refractivity contribution in [1.29, 1.82) is 0 Å². The molecular weight excluding hydrogens is 192 g/mol. The van der Waals surface area contributed by atoms with E-state index >= 15 is 0 Å².